The molecule has 1 aromatic carbocycles. The third-order valence-corrected chi connectivity index (χ3v) is 5.69. The minimum atomic E-state index is -3.42. The van der Waals surface area contributed by atoms with Crippen LogP contribution in [-0.2, 0) is 16.8 Å². The minimum absolute atomic E-state index is 0.266. The van der Waals surface area contributed by atoms with Gasteiger partial charge in [0.25, 0.3) is 10.2 Å². The summed E-state index contributed by atoms with van der Waals surface area (Å²) in [6.07, 6.45) is 0. The number of hydrogen-bond acceptors (Lipinski definition) is 6. The maximum absolute atomic E-state index is 12.2. The van der Waals surface area contributed by atoms with Crippen LogP contribution in [0.15, 0.2) is 18.2 Å². The molecule has 1 aliphatic heterocycles. The second-order valence-electron chi connectivity index (χ2n) is 5.12. The van der Waals surface area contributed by atoms with E-state index >= 15 is 0 Å². The topological polar surface area (TPSA) is 78.4 Å². The first-order valence-electron chi connectivity index (χ1n) is 6.69. The fourth-order valence-corrected chi connectivity index (χ4v) is 3.92. The van der Waals surface area contributed by atoms with Crippen LogP contribution in [0.1, 0.15) is 5.56 Å². The fourth-order valence-electron chi connectivity index (χ4n) is 2.23. The lowest BCUT2D eigenvalue weighted by Gasteiger charge is -2.31. The second-order valence-corrected chi connectivity index (χ2v) is 7.40. The third-order valence-electron chi connectivity index (χ3n) is 3.58. The Kier molecular flexibility index (Phi) is 4.18. The molecule has 114 valence electrons. The number of rotatable bonds is 4. The zero-order valence-corrected chi connectivity index (χ0v) is 13.3. The molecule has 2 heterocycles. The van der Waals surface area contributed by atoms with Crippen molar-refractivity contribution in [3.63, 3.8) is 0 Å². The number of aromatic nitrogens is 2. The molecule has 7 nitrogen and oxygen atoms in total. The summed E-state index contributed by atoms with van der Waals surface area (Å²) in [4.78, 5) is 2.12. The summed E-state index contributed by atoms with van der Waals surface area (Å²) in [5, 5.41) is 0. The molecule has 0 spiro atoms. The van der Waals surface area contributed by atoms with Crippen LogP contribution in [0.3, 0.4) is 0 Å². The van der Waals surface area contributed by atoms with E-state index in [4.69, 9.17) is 0 Å². The third kappa shape index (κ3) is 3.38. The average Bonchev–Trinajstić information content (AvgIpc) is 2.93. The number of piperazine rings is 1. The van der Waals surface area contributed by atoms with Crippen LogP contribution in [0.25, 0.3) is 11.0 Å². The SMILES string of the molecule is CN1CCN(S(=O)(=O)NCc2ccc3nsnc3c2)CC1. The van der Waals surface area contributed by atoms with Crippen molar-refractivity contribution in [2.45, 2.75) is 6.54 Å². The van der Waals surface area contributed by atoms with E-state index in [-0.39, 0.29) is 6.54 Å². The van der Waals surface area contributed by atoms with Crippen LogP contribution >= 0.6 is 11.7 Å². The number of likely N-dealkylation sites (N-methyl/N-ethyl adjacent to an activating group) is 1. The fraction of sp³-hybridized carbons (Fsp3) is 0.500. The van der Waals surface area contributed by atoms with Crippen LogP contribution in [0.4, 0.5) is 0 Å². The van der Waals surface area contributed by atoms with Gasteiger partial charge < -0.3 is 4.90 Å². The summed E-state index contributed by atoms with van der Waals surface area (Å²) >= 11 is 1.16. The Balaban J connectivity index is 1.65. The van der Waals surface area contributed by atoms with E-state index < -0.39 is 10.2 Å². The Morgan fingerprint density at radius 3 is 2.67 bits per heavy atom. The number of benzene rings is 1. The average molecular weight is 327 g/mol. The lowest BCUT2D eigenvalue weighted by molar-refractivity contribution is 0.221. The molecule has 1 aromatic heterocycles. The van der Waals surface area contributed by atoms with E-state index in [1.54, 1.807) is 0 Å². The van der Waals surface area contributed by atoms with Crippen molar-refractivity contribution in [3.05, 3.63) is 23.8 Å². The predicted octanol–water partition coefficient (Wildman–Crippen LogP) is 0.273. The van der Waals surface area contributed by atoms with Gasteiger partial charge in [-0.15, -0.1) is 0 Å². The first-order valence-corrected chi connectivity index (χ1v) is 8.86. The summed E-state index contributed by atoms with van der Waals surface area (Å²) in [7, 11) is -1.43. The zero-order chi connectivity index (χ0) is 14.9. The van der Waals surface area contributed by atoms with Gasteiger partial charge in [0.05, 0.1) is 11.7 Å². The van der Waals surface area contributed by atoms with Gasteiger partial charge in [0.1, 0.15) is 11.0 Å². The Morgan fingerprint density at radius 1 is 1.19 bits per heavy atom. The Labute approximate surface area is 128 Å². The van der Waals surface area contributed by atoms with Crippen molar-refractivity contribution in [2.75, 3.05) is 33.2 Å². The molecular formula is C12H17N5O2S2. The van der Waals surface area contributed by atoms with E-state index in [0.717, 1.165) is 41.4 Å². The van der Waals surface area contributed by atoms with E-state index in [9.17, 15) is 8.42 Å². The minimum Gasteiger partial charge on any atom is -0.304 e. The number of nitrogens with zero attached hydrogens (tertiary/aromatic N) is 4. The molecule has 21 heavy (non-hydrogen) atoms. The molecule has 0 saturated carbocycles. The molecule has 2 aromatic rings. The smallest absolute Gasteiger partial charge is 0.279 e. The number of fused-ring (bicyclic) bond motifs is 1. The van der Waals surface area contributed by atoms with Crippen molar-refractivity contribution in [3.8, 4) is 0 Å². The zero-order valence-electron chi connectivity index (χ0n) is 11.7. The van der Waals surface area contributed by atoms with E-state index in [0.29, 0.717) is 13.1 Å². The Bertz CT molecular complexity index is 722. The molecular weight excluding hydrogens is 310 g/mol. The number of hydrogen-bond donors (Lipinski definition) is 1. The quantitative estimate of drug-likeness (QED) is 0.872. The van der Waals surface area contributed by atoms with Gasteiger partial charge in [-0.1, -0.05) is 6.07 Å². The van der Waals surface area contributed by atoms with Crippen LogP contribution in [0.2, 0.25) is 0 Å². The van der Waals surface area contributed by atoms with Gasteiger partial charge in [-0.2, -0.15) is 26.2 Å². The van der Waals surface area contributed by atoms with Crippen molar-refractivity contribution in [1.29, 1.82) is 0 Å². The molecule has 0 radical (unpaired) electrons. The first-order chi connectivity index (χ1) is 10.0. The van der Waals surface area contributed by atoms with Crippen molar-refractivity contribution >= 4 is 33.0 Å². The Hall–Kier alpha value is -1.13. The van der Waals surface area contributed by atoms with Crippen LogP contribution in [0, 0.1) is 0 Å². The van der Waals surface area contributed by atoms with Crippen LogP contribution < -0.4 is 4.72 Å². The van der Waals surface area contributed by atoms with Crippen LogP contribution in [-0.4, -0.2) is 59.6 Å². The molecule has 9 heteroatoms. The van der Waals surface area contributed by atoms with Crippen molar-refractivity contribution < 1.29 is 8.42 Å². The summed E-state index contributed by atoms with van der Waals surface area (Å²) in [5.74, 6) is 0. The molecule has 1 saturated heterocycles. The second kappa shape index (κ2) is 5.93. The summed E-state index contributed by atoms with van der Waals surface area (Å²) < 4.78 is 36.9. The maximum Gasteiger partial charge on any atom is 0.279 e. The van der Waals surface area contributed by atoms with Gasteiger partial charge in [0.15, 0.2) is 0 Å². The molecule has 1 fully saturated rings. The number of nitrogens with one attached hydrogen (secondary N) is 1. The standard InChI is InChI=1S/C12H17N5O2S2/c1-16-4-6-17(7-5-16)21(18,19)13-9-10-2-3-11-12(8-10)15-20-14-11/h2-3,8,13H,4-7,9H2,1H3. The van der Waals surface area contributed by atoms with Crippen LogP contribution in [0.5, 0.6) is 0 Å². The van der Waals surface area contributed by atoms with E-state index in [1.807, 2.05) is 25.2 Å². The first kappa shape index (κ1) is 14.8. The maximum atomic E-state index is 12.2. The van der Waals surface area contributed by atoms with Crippen molar-refractivity contribution in [2.24, 2.45) is 0 Å². The molecule has 0 aliphatic carbocycles. The molecule has 1 aliphatic rings. The van der Waals surface area contributed by atoms with Gasteiger partial charge >= 0.3 is 0 Å². The predicted molar refractivity (Wildman–Crippen MR) is 82.2 cm³/mol. The molecule has 3 rings (SSSR count). The van der Waals surface area contributed by atoms with Gasteiger partial charge in [0, 0.05) is 32.7 Å². The van der Waals surface area contributed by atoms with E-state index in [2.05, 4.69) is 18.4 Å². The molecule has 0 atom stereocenters. The summed E-state index contributed by atoms with van der Waals surface area (Å²) in [6, 6.07) is 5.60. The normalized spacial score (nSPS) is 18.3. The van der Waals surface area contributed by atoms with Gasteiger partial charge in [-0.25, -0.2) is 0 Å². The highest BCUT2D eigenvalue weighted by atomic mass is 32.2. The summed E-state index contributed by atoms with van der Waals surface area (Å²) in [5.41, 5.74) is 2.52. The van der Waals surface area contributed by atoms with Gasteiger partial charge in [-0.3, -0.25) is 0 Å². The largest absolute Gasteiger partial charge is 0.304 e. The lowest BCUT2D eigenvalue weighted by atomic mass is 10.2. The molecule has 0 bridgehead atoms. The monoisotopic (exact) mass is 327 g/mol. The molecule has 0 unspecified atom stereocenters. The van der Waals surface area contributed by atoms with E-state index in [1.165, 1.54) is 4.31 Å². The highest BCUT2D eigenvalue weighted by Gasteiger charge is 2.25. The summed E-state index contributed by atoms with van der Waals surface area (Å²) in [6.45, 7) is 2.85. The van der Waals surface area contributed by atoms with Gasteiger partial charge in [0.2, 0.25) is 0 Å². The molecule has 0 amide bonds. The van der Waals surface area contributed by atoms with Crippen molar-refractivity contribution in [1.82, 2.24) is 22.7 Å². The highest BCUT2D eigenvalue weighted by Crippen LogP contribution is 2.14. The Morgan fingerprint density at radius 2 is 1.90 bits per heavy atom. The molecule has 1 N–H and O–H groups in total. The van der Waals surface area contributed by atoms with Gasteiger partial charge in [-0.05, 0) is 24.7 Å². The lowest BCUT2D eigenvalue weighted by Crippen LogP contribution is -2.50. The highest BCUT2D eigenvalue weighted by molar-refractivity contribution is 7.87.